The zero-order valence-electron chi connectivity index (χ0n) is 18.5. The van der Waals surface area contributed by atoms with Crippen molar-refractivity contribution in [2.24, 2.45) is 0 Å². The van der Waals surface area contributed by atoms with Gasteiger partial charge >= 0.3 is 0 Å². The van der Waals surface area contributed by atoms with Crippen molar-refractivity contribution >= 4 is 16.7 Å². The standard InChI is InChI=1S/C25H26N4O3/c1-4-32-22-13-9-8-10-19(22)14-26-23(30)16-28-17(2)21-15-27-29(20-11-6-5-7-12-20)25(31)24(21)18(28)3/h5-13,15H,4,14,16H2,1-3H3,(H,26,30). The number of aryl methyl sites for hydroxylation is 2. The van der Waals surface area contributed by atoms with Crippen LogP contribution in [0.5, 0.6) is 5.75 Å². The van der Waals surface area contributed by atoms with Crippen LogP contribution in [-0.2, 0) is 17.9 Å². The first-order valence-electron chi connectivity index (χ1n) is 10.6. The van der Waals surface area contributed by atoms with Crippen molar-refractivity contribution in [3.05, 3.63) is 88.1 Å². The lowest BCUT2D eigenvalue weighted by molar-refractivity contribution is -0.121. The molecule has 0 aliphatic carbocycles. The summed E-state index contributed by atoms with van der Waals surface area (Å²) >= 11 is 0. The minimum absolute atomic E-state index is 0.119. The van der Waals surface area contributed by atoms with Gasteiger partial charge in [0.2, 0.25) is 5.91 Å². The summed E-state index contributed by atoms with van der Waals surface area (Å²) in [4.78, 5) is 25.9. The van der Waals surface area contributed by atoms with Crippen LogP contribution >= 0.6 is 0 Å². The molecule has 0 saturated carbocycles. The van der Waals surface area contributed by atoms with Crippen LogP contribution in [0, 0.1) is 13.8 Å². The van der Waals surface area contributed by atoms with E-state index in [0.29, 0.717) is 24.2 Å². The lowest BCUT2D eigenvalue weighted by Crippen LogP contribution is -2.28. The summed E-state index contributed by atoms with van der Waals surface area (Å²) in [6, 6.07) is 17.0. The van der Waals surface area contributed by atoms with Gasteiger partial charge in [0.15, 0.2) is 0 Å². The van der Waals surface area contributed by atoms with Crippen molar-refractivity contribution in [1.82, 2.24) is 19.7 Å². The van der Waals surface area contributed by atoms with Crippen LogP contribution in [0.4, 0.5) is 0 Å². The van der Waals surface area contributed by atoms with E-state index in [9.17, 15) is 9.59 Å². The third-order valence-electron chi connectivity index (χ3n) is 5.59. The molecule has 1 N–H and O–H groups in total. The predicted molar refractivity (Wildman–Crippen MR) is 124 cm³/mol. The van der Waals surface area contributed by atoms with Crippen molar-refractivity contribution < 1.29 is 9.53 Å². The SMILES string of the molecule is CCOc1ccccc1CNC(=O)Cn1c(C)c2cnn(-c3ccccc3)c(=O)c2c1C. The Kier molecular flexibility index (Phi) is 6.07. The zero-order chi connectivity index (χ0) is 22.7. The molecule has 32 heavy (non-hydrogen) atoms. The van der Waals surface area contributed by atoms with Crippen LogP contribution in [0.1, 0.15) is 23.9 Å². The van der Waals surface area contributed by atoms with E-state index in [-0.39, 0.29) is 18.0 Å². The van der Waals surface area contributed by atoms with E-state index in [4.69, 9.17) is 4.74 Å². The van der Waals surface area contributed by atoms with Gasteiger partial charge in [0.25, 0.3) is 5.56 Å². The number of para-hydroxylation sites is 2. The lowest BCUT2D eigenvalue weighted by Gasteiger charge is -2.12. The molecule has 2 aromatic carbocycles. The molecule has 0 bridgehead atoms. The van der Waals surface area contributed by atoms with Gasteiger partial charge in [-0.05, 0) is 39.0 Å². The first-order chi connectivity index (χ1) is 15.5. The summed E-state index contributed by atoms with van der Waals surface area (Å²) in [5, 5.41) is 8.65. The highest BCUT2D eigenvalue weighted by molar-refractivity contribution is 5.88. The van der Waals surface area contributed by atoms with Gasteiger partial charge in [0, 0.05) is 28.9 Å². The second kappa shape index (κ2) is 9.09. The summed E-state index contributed by atoms with van der Waals surface area (Å²) in [5.74, 6) is 0.626. The van der Waals surface area contributed by atoms with E-state index in [1.165, 1.54) is 4.68 Å². The Morgan fingerprint density at radius 3 is 2.50 bits per heavy atom. The van der Waals surface area contributed by atoms with Gasteiger partial charge in [0.05, 0.1) is 23.9 Å². The molecule has 0 spiro atoms. The number of ether oxygens (including phenoxy) is 1. The molecule has 2 heterocycles. The molecule has 0 aliphatic rings. The van der Waals surface area contributed by atoms with Gasteiger partial charge in [-0.15, -0.1) is 0 Å². The Morgan fingerprint density at radius 2 is 1.75 bits per heavy atom. The maximum Gasteiger partial charge on any atom is 0.281 e. The van der Waals surface area contributed by atoms with Gasteiger partial charge in [-0.25, -0.2) is 0 Å². The zero-order valence-corrected chi connectivity index (χ0v) is 18.5. The maximum absolute atomic E-state index is 13.2. The average Bonchev–Trinajstić information content (AvgIpc) is 3.05. The molecule has 0 unspecified atom stereocenters. The third-order valence-corrected chi connectivity index (χ3v) is 5.59. The van der Waals surface area contributed by atoms with Crippen LogP contribution in [0.2, 0.25) is 0 Å². The van der Waals surface area contributed by atoms with Gasteiger partial charge in [0.1, 0.15) is 12.3 Å². The number of nitrogens with zero attached hydrogens (tertiary/aromatic N) is 3. The number of carbonyl (C=O) groups is 1. The fourth-order valence-electron chi connectivity index (χ4n) is 3.94. The highest BCUT2D eigenvalue weighted by Crippen LogP contribution is 2.22. The molecule has 1 amide bonds. The molecule has 2 aromatic heterocycles. The number of nitrogens with one attached hydrogen (secondary N) is 1. The van der Waals surface area contributed by atoms with E-state index in [2.05, 4.69) is 10.4 Å². The molecule has 0 radical (unpaired) electrons. The van der Waals surface area contributed by atoms with E-state index in [0.717, 1.165) is 28.1 Å². The normalized spacial score (nSPS) is 11.0. The molecule has 0 aliphatic heterocycles. The van der Waals surface area contributed by atoms with Crippen molar-refractivity contribution in [1.29, 1.82) is 0 Å². The number of rotatable bonds is 7. The summed E-state index contributed by atoms with van der Waals surface area (Å²) in [7, 11) is 0. The quantitative estimate of drug-likeness (QED) is 0.487. The number of aromatic nitrogens is 3. The first kappa shape index (κ1) is 21.4. The molecule has 7 nitrogen and oxygen atoms in total. The third kappa shape index (κ3) is 4.01. The monoisotopic (exact) mass is 430 g/mol. The first-order valence-corrected chi connectivity index (χ1v) is 10.6. The largest absolute Gasteiger partial charge is 0.494 e. The van der Waals surface area contributed by atoms with Crippen molar-refractivity contribution in [3.8, 4) is 11.4 Å². The molecule has 4 rings (SSSR count). The van der Waals surface area contributed by atoms with Crippen LogP contribution in [-0.4, -0.2) is 26.9 Å². The number of carbonyl (C=O) groups excluding carboxylic acids is 1. The smallest absolute Gasteiger partial charge is 0.281 e. The minimum Gasteiger partial charge on any atom is -0.494 e. The molecular weight excluding hydrogens is 404 g/mol. The van der Waals surface area contributed by atoms with Gasteiger partial charge in [-0.1, -0.05) is 36.4 Å². The van der Waals surface area contributed by atoms with Crippen LogP contribution in [0.3, 0.4) is 0 Å². The number of benzene rings is 2. The number of hydrogen-bond donors (Lipinski definition) is 1. The Bertz CT molecular complexity index is 1320. The molecular formula is C25H26N4O3. The van der Waals surface area contributed by atoms with E-state index in [1.807, 2.05) is 79.9 Å². The summed E-state index contributed by atoms with van der Waals surface area (Å²) < 4.78 is 8.89. The number of amides is 1. The highest BCUT2D eigenvalue weighted by Gasteiger charge is 2.18. The average molecular weight is 431 g/mol. The second-order valence-corrected chi connectivity index (χ2v) is 7.56. The molecule has 164 valence electrons. The van der Waals surface area contributed by atoms with Gasteiger partial charge in [-0.2, -0.15) is 9.78 Å². The highest BCUT2D eigenvalue weighted by atomic mass is 16.5. The number of fused-ring (bicyclic) bond motifs is 1. The van der Waals surface area contributed by atoms with E-state index in [1.54, 1.807) is 6.20 Å². The van der Waals surface area contributed by atoms with E-state index < -0.39 is 0 Å². The van der Waals surface area contributed by atoms with Crippen molar-refractivity contribution in [3.63, 3.8) is 0 Å². The molecule has 7 heteroatoms. The minimum atomic E-state index is -0.195. The Balaban J connectivity index is 1.59. The fourth-order valence-corrected chi connectivity index (χ4v) is 3.94. The Hall–Kier alpha value is -3.87. The predicted octanol–water partition coefficient (Wildman–Crippen LogP) is 3.52. The van der Waals surface area contributed by atoms with Crippen LogP contribution in [0.25, 0.3) is 16.5 Å². The van der Waals surface area contributed by atoms with Crippen LogP contribution in [0.15, 0.2) is 65.6 Å². The Morgan fingerprint density at radius 1 is 1.03 bits per heavy atom. The van der Waals surface area contributed by atoms with E-state index >= 15 is 0 Å². The van der Waals surface area contributed by atoms with Crippen LogP contribution < -0.4 is 15.6 Å². The lowest BCUT2D eigenvalue weighted by atomic mass is 10.2. The molecule has 0 saturated heterocycles. The summed E-state index contributed by atoms with van der Waals surface area (Å²) in [5.41, 5.74) is 3.02. The number of hydrogen-bond acceptors (Lipinski definition) is 4. The van der Waals surface area contributed by atoms with Gasteiger partial charge < -0.3 is 14.6 Å². The summed E-state index contributed by atoms with van der Waals surface area (Å²) in [6.07, 6.45) is 1.69. The second-order valence-electron chi connectivity index (χ2n) is 7.56. The molecule has 0 fully saturated rings. The Labute approximate surface area is 186 Å². The van der Waals surface area contributed by atoms with Crippen molar-refractivity contribution in [2.45, 2.75) is 33.9 Å². The molecule has 0 atom stereocenters. The molecule has 4 aromatic rings. The van der Waals surface area contributed by atoms with Gasteiger partial charge in [-0.3, -0.25) is 9.59 Å². The topological polar surface area (TPSA) is 78.2 Å². The summed E-state index contributed by atoms with van der Waals surface area (Å²) in [6.45, 7) is 6.75. The maximum atomic E-state index is 13.2. The fraction of sp³-hybridized carbons (Fsp3) is 0.240. The van der Waals surface area contributed by atoms with Crippen molar-refractivity contribution in [2.75, 3.05) is 6.61 Å².